The summed E-state index contributed by atoms with van der Waals surface area (Å²) in [6, 6.07) is -0.718. The predicted molar refractivity (Wildman–Crippen MR) is 272 cm³/mol. The standard InChI is InChI=1S/C56H109NO8/c1-3-5-7-9-11-13-15-17-19-21-23-24-25-26-27-28-30-32-34-36-38-40-42-44-46-52(60)57-49(48-64-56-55(63)54(62)53(61)51(47-58)65-56)50(59)45-43-41-39-37-35-33-31-29-22-20-18-16-14-12-10-8-6-4-2/h26-27,49-51,53-56,58-59,61-63H,3-25,28-48H2,1-2H3,(H,57,60)/b27-26-. The lowest BCUT2D eigenvalue weighted by atomic mass is 9.99. The van der Waals surface area contributed by atoms with Crippen LogP contribution in [0.3, 0.4) is 0 Å². The molecule has 1 heterocycles. The highest BCUT2D eigenvalue weighted by Crippen LogP contribution is 2.23. The maximum Gasteiger partial charge on any atom is 0.220 e. The van der Waals surface area contributed by atoms with E-state index in [0.29, 0.717) is 12.8 Å². The summed E-state index contributed by atoms with van der Waals surface area (Å²) in [7, 11) is 0. The van der Waals surface area contributed by atoms with Crippen molar-refractivity contribution in [3.05, 3.63) is 12.2 Å². The molecule has 0 aromatic rings. The molecule has 1 fully saturated rings. The molecule has 1 amide bonds. The molecular formula is C56H109NO8. The number of allylic oxidation sites excluding steroid dienone is 2. The summed E-state index contributed by atoms with van der Waals surface area (Å²) in [5, 5.41) is 54.6. The molecule has 1 saturated heterocycles. The van der Waals surface area contributed by atoms with Gasteiger partial charge in [-0.2, -0.15) is 0 Å². The fourth-order valence-corrected chi connectivity index (χ4v) is 9.34. The first-order valence-corrected chi connectivity index (χ1v) is 28.4. The van der Waals surface area contributed by atoms with Crippen molar-refractivity contribution in [1.29, 1.82) is 0 Å². The monoisotopic (exact) mass is 924 g/mol. The van der Waals surface area contributed by atoms with Crippen LogP contribution in [0.15, 0.2) is 12.2 Å². The summed E-state index contributed by atoms with van der Waals surface area (Å²) < 4.78 is 11.3. The number of rotatable bonds is 49. The Morgan fingerprint density at radius 3 is 1.25 bits per heavy atom. The lowest BCUT2D eigenvalue weighted by molar-refractivity contribution is -0.302. The second-order valence-corrected chi connectivity index (χ2v) is 20.1. The van der Waals surface area contributed by atoms with Crippen LogP contribution in [0.25, 0.3) is 0 Å². The van der Waals surface area contributed by atoms with Gasteiger partial charge in [-0.05, 0) is 38.5 Å². The lowest BCUT2D eigenvalue weighted by Crippen LogP contribution is -2.60. The summed E-state index contributed by atoms with van der Waals surface area (Å²) in [4.78, 5) is 13.1. The summed E-state index contributed by atoms with van der Waals surface area (Å²) in [6.07, 6.45) is 49.5. The summed E-state index contributed by atoms with van der Waals surface area (Å²) >= 11 is 0. The van der Waals surface area contributed by atoms with Gasteiger partial charge in [0, 0.05) is 6.42 Å². The van der Waals surface area contributed by atoms with Crippen molar-refractivity contribution in [1.82, 2.24) is 5.32 Å². The van der Waals surface area contributed by atoms with E-state index in [1.807, 2.05) is 0 Å². The van der Waals surface area contributed by atoms with Crippen molar-refractivity contribution in [2.75, 3.05) is 13.2 Å². The van der Waals surface area contributed by atoms with E-state index < -0.39 is 49.5 Å². The van der Waals surface area contributed by atoms with Crippen LogP contribution < -0.4 is 5.32 Å². The molecule has 0 radical (unpaired) electrons. The summed E-state index contributed by atoms with van der Waals surface area (Å²) in [6.45, 7) is 3.87. The van der Waals surface area contributed by atoms with E-state index in [9.17, 15) is 30.3 Å². The van der Waals surface area contributed by atoms with Crippen molar-refractivity contribution >= 4 is 5.91 Å². The van der Waals surface area contributed by atoms with E-state index >= 15 is 0 Å². The Balaban J connectivity index is 2.21. The molecule has 0 bridgehead atoms. The van der Waals surface area contributed by atoms with Crippen LogP contribution in [0.4, 0.5) is 0 Å². The van der Waals surface area contributed by atoms with Crippen molar-refractivity contribution in [2.24, 2.45) is 0 Å². The second-order valence-electron chi connectivity index (χ2n) is 20.1. The molecule has 0 spiro atoms. The number of nitrogens with one attached hydrogen (secondary N) is 1. The van der Waals surface area contributed by atoms with E-state index in [1.165, 1.54) is 218 Å². The highest BCUT2D eigenvalue weighted by molar-refractivity contribution is 5.76. The number of unbranched alkanes of at least 4 members (excludes halogenated alkanes) is 37. The van der Waals surface area contributed by atoms with Gasteiger partial charge < -0.3 is 40.3 Å². The average Bonchev–Trinajstić information content (AvgIpc) is 3.31. The van der Waals surface area contributed by atoms with E-state index in [4.69, 9.17) is 9.47 Å². The van der Waals surface area contributed by atoms with Crippen LogP contribution in [0.5, 0.6) is 0 Å². The molecule has 7 atom stereocenters. The maximum absolute atomic E-state index is 13.1. The first kappa shape index (κ1) is 61.9. The molecule has 9 heteroatoms. The topological polar surface area (TPSA) is 149 Å². The average molecular weight is 924 g/mol. The summed E-state index contributed by atoms with van der Waals surface area (Å²) in [5.74, 6) is -0.142. The quantitative estimate of drug-likeness (QED) is 0.0261. The third-order valence-electron chi connectivity index (χ3n) is 13.9. The predicted octanol–water partition coefficient (Wildman–Crippen LogP) is 13.6. The van der Waals surface area contributed by atoms with Gasteiger partial charge in [0.1, 0.15) is 24.4 Å². The molecule has 7 unspecified atom stereocenters. The first-order chi connectivity index (χ1) is 31.8. The smallest absolute Gasteiger partial charge is 0.220 e. The third kappa shape index (κ3) is 36.6. The minimum Gasteiger partial charge on any atom is -0.394 e. The number of carbonyl (C=O) groups is 1. The van der Waals surface area contributed by atoms with Gasteiger partial charge in [0.05, 0.1) is 25.4 Å². The van der Waals surface area contributed by atoms with Gasteiger partial charge in [-0.1, -0.05) is 251 Å². The van der Waals surface area contributed by atoms with Gasteiger partial charge in [-0.15, -0.1) is 0 Å². The molecule has 9 nitrogen and oxygen atoms in total. The van der Waals surface area contributed by atoms with Gasteiger partial charge in [0.15, 0.2) is 6.29 Å². The van der Waals surface area contributed by atoms with Crippen LogP contribution in [-0.2, 0) is 14.3 Å². The molecule has 0 aromatic carbocycles. The number of ether oxygens (including phenoxy) is 2. The van der Waals surface area contributed by atoms with Gasteiger partial charge in [-0.3, -0.25) is 4.79 Å². The van der Waals surface area contributed by atoms with Gasteiger partial charge in [0.2, 0.25) is 5.91 Å². The number of aliphatic hydroxyl groups excluding tert-OH is 5. The molecule has 0 aliphatic carbocycles. The zero-order valence-corrected chi connectivity index (χ0v) is 42.8. The van der Waals surface area contributed by atoms with Gasteiger partial charge >= 0.3 is 0 Å². The molecule has 0 saturated carbocycles. The highest BCUT2D eigenvalue weighted by Gasteiger charge is 2.44. The molecule has 1 aliphatic rings. The van der Waals surface area contributed by atoms with Crippen LogP contribution in [-0.4, -0.2) is 87.5 Å². The molecule has 386 valence electrons. The Morgan fingerprint density at radius 1 is 0.508 bits per heavy atom. The van der Waals surface area contributed by atoms with Crippen LogP contribution in [0.2, 0.25) is 0 Å². The van der Waals surface area contributed by atoms with E-state index in [2.05, 4.69) is 31.3 Å². The Hall–Kier alpha value is -1.07. The van der Waals surface area contributed by atoms with E-state index in [-0.39, 0.29) is 12.5 Å². The van der Waals surface area contributed by atoms with Crippen molar-refractivity contribution < 1.29 is 39.8 Å². The van der Waals surface area contributed by atoms with Crippen LogP contribution >= 0.6 is 0 Å². The highest BCUT2D eigenvalue weighted by atomic mass is 16.7. The van der Waals surface area contributed by atoms with E-state index in [0.717, 1.165) is 38.5 Å². The first-order valence-electron chi connectivity index (χ1n) is 28.4. The van der Waals surface area contributed by atoms with E-state index in [1.54, 1.807) is 0 Å². The maximum atomic E-state index is 13.1. The second kappa shape index (κ2) is 46.6. The third-order valence-corrected chi connectivity index (χ3v) is 13.9. The van der Waals surface area contributed by atoms with Crippen molar-refractivity contribution in [3.63, 3.8) is 0 Å². The minimum atomic E-state index is -1.55. The molecule has 1 rings (SSSR count). The zero-order chi connectivity index (χ0) is 47.3. The fraction of sp³-hybridized carbons (Fsp3) is 0.946. The molecule has 0 aromatic heterocycles. The number of hydrogen-bond donors (Lipinski definition) is 6. The minimum absolute atomic E-state index is 0.135. The Labute approximate surface area is 401 Å². The SMILES string of the molecule is CCCCCCCCCCCCCC/C=C\CCCCCCCCCCC(=O)NC(COC1OC(CO)C(O)C(O)C1O)C(O)CCCCCCCCCCCCCCCCCCCC. The number of carbonyl (C=O) groups excluding carboxylic acids is 1. The van der Waals surface area contributed by atoms with Crippen molar-refractivity contribution in [2.45, 2.75) is 326 Å². The Morgan fingerprint density at radius 2 is 0.862 bits per heavy atom. The Kier molecular flexibility index (Phi) is 44.5. The molecule has 1 aliphatic heterocycles. The van der Waals surface area contributed by atoms with Gasteiger partial charge in [0.25, 0.3) is 0 Å². The molecular weight excluding hydrogens is 815 g/mol. The largest absolute Gasteiger partial charge is 0.394 e. The normalized spacial score (nSPS) is 19.9. The van der Waals surface area contributed by atoms with Crippen LogP contribution in [0.1, 0.15) is 284 Å². The van der Waals surface area contributed by atoms with Crippen LogP contribution in [0, 0.1) is 0 Å². The molecule has 65 heavy (non-hydrogen) atoms. The molecule has 6 N–H and O–H groups in total. The summed E-state index contributed by atoms with van der Waals surface area (Å²) in [5.41, 5.74) is 0. The zero-order valence-electron chi connectivity index (χ0n) is 42.8. The Bertz CT molecular complexity index is 1030. The van der Waals surface area contributed by atoms with Crippen molar-refractivity contribution in [3.8, 4) is 0 Å². The number of aliphatic hydroxyl groups is 5. The lowest BCUT2D eigenvalue weighted by Gasteiger charge is -2.40. The fourth-order valence-electron chi connectivity index (χ4n) is 9.34. The number of amides is 1. The van der Waals surface area contributed by atoms with Gasteiger partial charge in [-0.25, -0.2) is 0 Å². The number of hydrogen-bond acceptors (Lipinski definition) is 8.